The van der Waals surface area contributed by atoms with Crippen LogP contribution in [-0.2, 0) is 15.9 Å². The van der Waals surface area contributed by atoms with Gasteiger partial charge in [0.1, 0.15) is 0 Å². The average Bonchev–Trinajstić information content (AvgIpc) is 3.02. The summed E-state index contributed by atoms with van der Waals surface area (Å²) in [5.74, 6) is 0. The highest BCUT2D eigenvalue weighted by Crippen LogP contribution is 2.28. The quantitative estimate of drug-likeness (QED) is 0.655. The van der Waals surface area contributed by atoms with Gasteiger partial charge in [0.15, 0.2) is 11.9 Å². The standard InChI is InChI=1S/C16H20N4O2/c1-4-11-8-7-9-12-10-13(16(21-5-2)22-6-3)15-17-18-19-20(15)14(11)12/h7-10,16H,4-6H2,1-3H3. The van der Waals surface area contributed by atoms with Gasteiger partial charge in [0.2, 0.25) is 0 Å². The molecule has 0 amide bonds. The number of para-hydroxylation sites is 1. The van der Waals surface area contributed by atoms with Crippen molar-refractivity contribution in [1.82, 2.24) is 20.0 Å². The fourth-order valence-electron chi connectivity index (χ4n) is 2.72. The first-order chi connectivity index (χ1) is 10.8. The molecular formula is C16H20N4O2. The Hall–Kier alpha value is -2.05. The lowest BCUT2D eigenvalue weighted by atomic mass is 10.1. The van der Waals surface area contributed by atoms with E-state index in [1.54, 1.807) is 4.52 Å². The molecule has 1 aromatic carbocycles. The Labute approximate surface area is 129 Å². The highest BCUT2D eigenvalue weighted by atomic mass is 16.7. The minimum atomic E-state index is -0.460. The van der Waals surface area contributed by atoms with Crippen LogP contribution < -0.4 is 0 Å². The normalized spacial score (nSPS) is 11.8. The van der Waals surface area contributed by atoms with Crippen molar-refractivity contribution in [3.63, 3.8) is 0 Å². The molecule has 22 heavy (non-hydrogen) atoms. The Balaban J connectivity index is 2.28. The van der Waals surface area contributed by atoms with Crippen LogP contribution >= 0.6 is 0 Å². The summed E-state index contributed by atoms with van der Waals surface area (Å²) in [6.07, 6.45) is 0.463. The van der Waals surface area contributed by atoms with Crippen molar-refractivity contribution in [1.29, 1.82) is 0 Å². The lowest BCUT2D eigenvalue weighted by Crippen LogP contribution is -2.11. The SMILES string of the molecule is CCOC(OCC)c1cc2cccc(CC)c2n2nnnc12. The first kappa shape index (κ1) is 14.9. The summed E-state index contributed by atoms with van der Waals surface area (Å²) in [4.78, 5) is 0. The summed E-state index contributed by atoms with van der Waals surface area (Å²) in [5.41, 5.74) is 3.79. The van der Waals surface area contributed by atoms with Crippen molar-refractivity contribution in [3.8, 4) is 0 Å². The number of aromatic nitrogens is 4. The maximum absolute atomic E-state index is 5.72. The van der Waals surface area contributed by atoms with E-state index >= 15 is 0 Å². The van der Waals surface area contributed by atoms with E-state index in [2.05, 4.69) is 46.7 Å². The maximum atomic E-state index is 5.72. The molecule has 6 heteroatoms. The highest BCUT2D eigenvalue weighted by molar-refractivity contribution is 5.86. The third-order valence-corrected chi connectivity index (χ3v) is 3.67. The molecular weight excluding hydrogens is 280 g/mol. The van der Waals surface area contributed by atoms with Crippen molar-refractivity contribution in [2.75, 3.05) is 13.2 Å². The predicted octanol–water partition coefficient (Wildman–Crippen LogP) is 2.91. The number of rotatable bonds is 6. The van der Waals surface area contributed by atoms with Gasteiger partial charge in [-0.15, -0.1) is 5.10 Å². The van der Waals surface area contributed by atoms with E-state index in [1.165, 1.54) is 5.56 Å². The molecule has 0 aliphatic heterocycles. The van der Waals surface area contributed by atoms with Gasteiger partial charge in [0, 0.05) is 18.6 Å². The van der Waals surface area contributed by atoms with Crippen LogP contribution in [0.15, 0.2) is 24.3 Å². The smallest absolute Gasteiger partial charge is 0.188 e. The maximum Gasteiger partial charge on any atom is 0.188 e. The van der Waals surface area contributed by atoms with Crippen molar-refractivity contribution < 1.29 is 9.47 Å². The third kappa shape index (κ3) is 2.44. The van der Waals surface area contributed by atoms with Crippen molar-refractivity contribution in [2.45, 2.75) is 33.5 Å². The Morgan fingerprint density at radius 3 is 2.59 bits per heavy atom. The minimum absolute atomic E-state index is 0.460. The summed E-state index contributed by atoms with van der Waals surface area (Å²) in [7, 11) is 0. The zero-order valence-corrected chi connectivity index (χ0v) is 13.1. The van der Waals surface area contributed by atoms with Crippen LogP contribution in [0.2, 0.25) is 0 Å². The van der Waals surface area contributed by atoms with E-state index < -0.39 is 6.29 Å². The van der Waals surface area contributed by atoms with Crippen molar-refractivity contribution in [2.24, 2.45) is 0 Å². The zero-order valence-electron chi connectivity index (χ0n) is 13.1. The molecule has 0 aliphatic rings. The number of pyridine rings is 1. The molecule has 6 nitrogen and oxygen atoms in total. The fraction of sp³-hybridized carbons (Fsp3) is 0.438. The zero-order chi connectivity index (χ0) is 15.5. The molecule has 0 radical (unpaired) electrons. The number of fused-ring (bicyclic) bond motifs is 3. The lowest BCUT2D eigenvalue weighted by molar-refractivity contribution is -0.139. The second-order valence-corrected chi connectivity index (χ2v) is 4.97. The Kier molecular flexibility index (Phi) is 4.31. The molecule has 0 N–H and O–H groups in total. The number of hydrogen-bond donors (Lipinski definition) is 0. The summed E-state index contributed by atoms with van der Waals surface area (Å²) in [6, 6.07) is 8.29. The summed E-state index contributed by atoms with van der Waals surface area (Å²) >= 11 is 0. The van der Waals surface area contributed by atoms with Crippen LogP contribution in [0.3, 0.4) is 0 Å². The Morgan fingerprint density at radius 1 is 1.14 bits per heavy atom. The van der Waals surface area contributed by atoms with E-state index in [1.807, 2.05) is 13.8 Å². The number of tetrazole rings is 1. The molecule has 0 spiro atoms. The van der Waals surface area contributed by atoms with Crippen molar-refractivity contribution >= 4 is 16.6 Å². The summed E-state index contributed by atoms with van der Waals surface area (Å²) in [5, 5.41) is 13.3. The monoisotopic (exact) mass is 300 g/mol. The molecule has 2 aromatic heterocycles. The second-order valence-electron chi connectivity index (χ2n) is 4.97. The third-order valence-electron chi connectivity index (χ3n) is 3.67. The van der Waals surface area contributed by atoms with E-state index in [-0.39, 0.29) is 0 Å². The highest BCUT2D eigenvalue weighted by Gasteiger charge is 2.20. The number of ether oxygens (including phenoxy) is 2. The number of nitrogens with zero attached hydrogens (tertiary/aromatic N) is 4. The van der Waals surface area contributed by atoms with E-state index in [4.69, 9.17) is 9.47 Å². The van der Waals surface area contributed by atoms with Gasteiger partial charge >= 0.3 is 0 Å². The fourth-order valence-corrected chi connectivity index (χ4v) is 2.72. The van der Waals surface area contributed by atoms with Gasteiger partial charge in [0.05, 0.1) is 11.1 Å². The molecule has 2 heterocycles. The van der Waals surface area contributed by atoms with Gasteiger partial charge in [-0.1, -0.05) is 25.1 Å². The molecule has 116 valence electrons. The van der Waals surface area contributed by atoms with Gasteiger partial charge in [-0.25, -0.2) is 0 Å². The van der Waals surface area contributed by atoms with E-state index in [0.29, 0.717) is 18.9 Å². The van der Waals surface area contributed by atoms with Gasteiger partial charge < -0.3 is 9.47 Å². The van der Waals surface area contributed by atoms with Gasteiger partial charge in [-0.05, 0) is 42.3 Å². The number of aryl methyl sites for hydroxylation is 1. The minimum Gasteiger partial charge on any atom is -0.349 e. The first-order valence-corrected chi connectivity index (χ1v) is 7.65. The largest absolute Gasteiger partial charge is 0.349 e. The van der Waals surface area contributed by atoms with Crippen LogP contribution in [0.4, 0.5) is 0 Å². The van der Waals surface area contributed by atoms with Crippen LogP contribution in [0.1, 0.15) is 38.2 Å². The Bertz CT molecular complexity index is 778. The van der Waals surface area contributed by atoms with Gasteiger partial charge in [-0.3, -0.25) is 0 Å². The molecule has 0 saturated carbocycles. The van der Waals surface area contributed by atoms with E-state index in [9.17, 15) is 0 Å². The molecule has 3 aromatic rings. The van der Waals surface area contributed by atoms with Gasteiger partial charge in [-0.2, -0.15) is 4.52 Å². The Morgan fingerprint density at radius 2 is 1.91 bits per heavy atom. The molecule has 0 aliphatic carbocycles. The summed E-state index contributed by atoms with van der Waals surface area (Å²) < 4.78 is 13.2. The van der Waals surface area contributed by atoms with Gasteiger partial charge in [0.25, 0.3) is 0 Å². The second kappa shape index (κ2) is 6.37. The predicted molar refractivity (Wildman–Crippen MR) is 83.7 cm³/mol. The average molecular weight is 300 g/mol. The molecule has 0 atom stereocenters. The van der Waals surface area contributed by atoms with Crippen LogP contribution in [-0.4, -0.2) is 33.3 Å². The number of benzene rings is 1. The molecule has 0 fully saturated rings. The van der Waals surface area contributed by atoms with Crippen LogP contribution in [0.5, 0.6) is 0 Å². The number of hydrogen-bond acceptors (Lipinski definition) is 5. The molecule has 3 rings (SSSR count). The first-order valence-electron chi connectivity index (χ1n) is 7.65. The lowest BCUT2D eigenvalue weighted by Gasteiger charge is -2.18. The van der Waals surface area contributed by atoms with Crippen LogP contribution in [0.25, 0.3) is 16.6 Å². The molecule has 0 bridgehead atoms. The van der Waals surface area contributed by atoms with E-state index in [0.717, 1.165) is 22.9 Å². The topological polar surface area (TPSA) is 61.5 Å². The van der Waals surface area contributed by atoms with Crippen LogP contribution in [0, 0.1) is 0 Å². The summed E-state index contributed by atoms with van der Waals surface area (Å²) in [6.45, 7) is 7.14. The molecule has 0 unspecified atom stereocenters. The molecule has 0 saturated heterocycles. The van der Waals surface area contributed by atoms with Crippen molar-refractivity contribution in [3.05, 3.63) is 35.4 Å².